The molecule has 0 atom stereocenters. The van der Waals surface area contributed by atoms with E-state index in [4.69, 9.17) is 0 Å². The number of amides is 1. The van der Waals surface area contributed by atoms with Crippen molar-refractivity contribution in [3.63, 3.8) is 0 Å². The molecule has 1 saturated carbocycles. The molecule has 1 heterocycles. The molecule has 1 aliphatic rings. The zero-order valence-electron chi connectivity index (χ0n) is 11.2. The Bertz CT molecular complexity index is 651. The monoisotopic (exact) mass is 330 g/mol. The Balaban J connectivity index is 1.83. The van der Waals surface area contributed by atoms with Gasteiger partial charge in [0.15, 0.2) is 0 Å². The Morgan fingerprint density at radius 1 is 1.30 bits per heavy atom. The normalized spacial score (nSPS) is 15.7. The molecule has 1 aromatic heterocycles. The van der Waals surface area contributed by atoms with Crippen LogP contribution in [0, 0.1) is 6.92 Å². The molecule has 1 amide bonds. The van der Waals surface area contributed by atoms with Crippen molar-refractivity contribution >= 4 is 27.7 Å². The maximum Gasteiger partial charge on any atom is 0.236 e. The second kappa shape index (κ2) is 5.02. The average molecular weight is 331 g/mol. The van der Waals surface area contributed by atoms with Gasteiger partial charge < -0.3 is 5.32 Å². The number of benzene rings is 1. The molecule has 20 heavy (non-hydrogen) atoms. The van der Waals surface area contributed by atoms with Gasteiger partial charge in [-0.05, 0) is 52.9 Å². The first kappa shape index (κ1) is 13.3. The molecule has 1 fully saturated rings. The average Bonchev–Trinajstić information content (AvgIpc) is 3.24. The van der Waals surface area contributed by atoms with E-state index in [1.807, 2.05) is 43.3 Å². The lowest BCUT2D eigenvalue weighted by Gasteiger charge is -2.16. The molecule has 102 valence electrons. The minimum Gasteiger partial charge on any atom is -0.310 e. The summed E-state index contributed by atoms with van der Waals surface area (Å²) < 4.78 is 0.914. The number of aryl methyl sites for hydroxylation is 1. The molecule has 3 rings (SSSR count). The zero-order valence-corrected chi connectivity index (χ0v) is 12.8. The van der Waals surface area contributed by atoms with E-state index >= 15 is 0 Å². The van der Waals surface area contributed by atoms with Gasteiger partial charge in [-0.15, -0.1) is 0 Å². The summed E-state index contributed by atoms with van der Waals surface area (Å²) in [5.74, 6) is 0.682. The van der Waals surface area contributed by atoms with Gasteiger partial charge in [0.05, 0.1) is 5.41 Å². The Kier molecular flexibility index (Phi) is 3.34. The van der Waals surface area contributed by atoms with Gasteiger partial charge in [-0.3, -0.25) is 4.79 Å². The number of carbonyl (C=O) groups is 1. The Labute approximate surface area is 126 Å². The highest BCUT2D eigenvalue weighted by atomic mass is 79.9. The third-order valence-corrected chi connectivity index (χ3v) is 4.22. The number of pyridine rings is 1. The van der Waals surface area contributed by atoms with Crippen molar-refractivity contribution < 1.29 is 4.79 Å². The van der Waals surface area contributed by atoms with E-state index in [-0.39, 0.29) is 11.3 Å². The number of aromatic nitrogens is 1. The number of carbonyl (C=O) groups excluding carboxylic acids is 1. The topological polar surface area (TPSA) is 42.0 Å². The summed E-state index contributed by atoms with van der Waals surface area (Å²) >= 11 is 3.38. The first-order valence-electron chi connectivity index (χ1n) is 6.61. The number of rotatable bonds is 3. The lowest BCUT2D eigenvalue weighted by Crippen LogP contribution is -2.28. The highest BCUT2D eigenvalue weighted by Gasteiger charge is 2.51. The van der Waals surface area contributed by atoms with Crippen LogP contribution >= 0.6 is 15.9 Å². The van der Waals surface area contributed by atoms with Gasteiger partial charge in [0, 0.05) is 10.7 Å². The summed E-state index contributed by atoms with van der Waals surface area (Å²) in [4.78, 5) is 16.8. The number of nitrogens with one attached hydrogen (secondary N) is 1. The molecule has 2 aromatic rings. The van der Waals surface area contributed by atoms with Crippen molar-refractivity contribution in [3.8, 4) is 0 Å². The highest BCUT2D eigenvalue weighted by Crippen LogP contribution is 2.48. The molecule has 1 aliphatic carbocycles. The fraction of sp³-hybridized carbons (Fsp3) is 0.250. The highest BCUT2D eigenvalue weighted by molar-refractivity contribution is 9.10. The molecule has 3 nitrogen and oxygen atoms in total. The van der Waals surface area contributed by atoms with Crippen molar-refractivity contribution in [2.75, 3.05) is 5.32 Å². The fourth-order valence-corrected chi connectivity index (χ4v) is 2.87. The van der Waals surface area contributed by atoms with E-state index in [1.165, 1.54) is 0 Å². The summed E-state index contributed by atoms with van der Waals surface area (Å²) in [5.41, 5.74) is 1.69. The summed E-state index contributed by atoms with van der Waals surface area (Å²) in [7, 11) is 0. The maximum atomic E-state index is 12.6. The molecule has 0 saturated heterocycles. The number of anilines is 1. The van der Waals surface area contributed by atoms with Crippen LogP contribution in [0.15, 0.2) is 47.1 Å². The van der Waals surface area contributed by atoms with E-state index < -0.39 is 0 Å². The smallest absolute Gasteiger partial charge is 0.236 e. The van der Waals surface area contributed by atoms with Crippen LogP contribution in [-0.4, -0.2) is 10.9 Å². The summed E-state index contributed by atoms with van der Waals surface area (Å²) in [6.45, 7) is 1.94. The molecular weight excluding hydrogens is 316 g/mol. The lowest BCUT2D eigenvalue weighted by molar-refractivity contribution is -0.118. The second-order valence-corrected chi connectivity index (χ2v) is 6.14. The van der Waals surface area contributed by atoms with E-state index in [1.54, 1.807) is 6.20 Å². The molecule has 1 N–H and O–H groups in total. The predicted molar refractivity (Wildman–Crippen MR) is 82.7 cm³/mol. The summed E-state index contributed by atoms with van der Waals surface area (Å²) in [6, 6.07) is 11.9. The summed E-state index contributed by atoms with van der Waals surface area (Å²) in [5, 5.41) is 2.97. The van der Waals surface area contributed by atoms with Crippen LogP contribution in [0.5, 0.6) is 0 Å². The molecule has 0 unspecified atom stereocenters. The van der Waals surface area contributed by atoms with E-state index in [0.717, 1.165) is 28.4 Å². The second-order valence-electron chi connectivity index (χ2n) is 5.22. The van der Waals surface area contributed by atoms with Crippen LogP contribution in [-0.2, 0) is 10.2 Å². The molecule has 0 radical (unpaired) electrons. The Hall–Kier alpha value is -1.68. The number of hydrogen-bond acceptors (Lipinski definition) is 2. The summed E-state index contributed by atoms with van der Waals surface area (Å²) in [6.07, 6.45) is 3.50. The number of nitrogens with zero attached hydrogens (tertiary/aromatic N) is 1. The lowest BCUT2D eigenvalue weighted by atomic mass is 9.95. The van der Waals surface area contributed by atoms with Crippen molar-refractivity contribution in [3.05, 3.63) is 58.2 Å². The van der Waals surface area contributed by atoms with Gasteiger partial charge in [-0.2, -0.15) is 0 Å². The number of halogens is 1. The maximum absolute atomic E-state index is 12.6. The van der Waals surface area contributed by atoms with Gasteiger partial charge in [0.25, 0.3) is 0 Å². The molecule has 0 bridgehead atoms. The van der Waals surface area contributed by atoms with Gasteiger partial charge >= 0.3 is 0 Å². The molecule has 1 aromatic carbocycles. The minimum absolute atomic E-state index is 0.0432. The standard InChI is InChI=1S/C16H15BrN2O/c1-11-9-13(17)10-18-14(11)19-15(20)16(7-8-16)12-5-3-2-4-6-12/h2-6,9-10H,7-8H2,1H3,(H,18,19,20). The molecule has 4 heteroatoms. The predicted octanol–water partition coefficient (Wildman–Crippen LogP) is 3.82. The zero-order chi connectivity index (χ0) is 14.2. The molecule has 0 aliphatic heterocycles. The largest absolute Gasteiger partial charge is 0.310 e. The third kappa shape index (κ3) is 2.36. The van der Waals surface area contributed by atoms with Crippen LogP contribution in [0.4, 0.5) is 5.82 Å². The van der Waals surface area contributed by atoms with Crippen molar-refractivity contribution in [2.24, 2.45) is 0 Å². The SMILES string of the molecule is Cc1cc(Br)cnc1NC(=O)C1(c2ccccc2)CC1. The van der Waals surface area contributed by atoms with E-state index in [0.29, 0.717) is 5.82 Å². The van der Waals surface area contributed by atoms with E-state index in [9.17, 15) is 4.79 Å². The van der Waals surface area contributed by atoms with Crippen molar-refractivity contribution in [1.29, 1.82) is 0 Å². The van der Waals surface area contributed by atoms with Crippen LogP contribution in [0.25, 0.3) is 0 Å². The first-order chi connectivity index (χ1) is 9.62. The quantitative estimate of drug-likeness (QED) is 0.929. The first-order valence-corrected chi connectivity index (χ1v) is 7.40. The van der Waals surface area contributed by atoms with Crippen LogP contribution < -0.4 is 5.32 Å². The number of hydrogen-bond donors (Lipinski definition) is 1. The van der Waals surface area contributed by atoms with Gasteiger partial charge in [0.1, 0.15) is 5.82 Å². The minimum atomic E-state index is -0.359. The molecular formula is C16H15BrN2O. The Morgan fingerprint density at radius 2 is 2.00 bits per heavy atom. The van der Waals surface area contributed by atoms with E-state index in [2.05, 4.69) is 26.2 Å². The fourth-order valence-electron chi connectivity index (χ4n) is 2.43. The molecule has 0 spiro atoms. The van der Waals surface area contributed by atoms with Crippen LogP contribution in [0.1, 0.15) is 24.0 Å². The van der Waals surface area contributed by atoms with Gasteiger partial charge in [-0.25, -0.2) is 4.98 Å². The van der Waals surface area contributed by atoms with Gasteiger partial charge in [0.2, 0.25) is 5.91 Å². The van der Waals surface area contributed by atoms with Crippen LogP contribution in [0.2, 0.25) is 0 Å². The Morgan fingerprint density at radius 3 is 2.60 bits per heavy atom. The van der Waals surface area contributed by atoms with Crippen LogP contribution in [0.3, 0.4) is 0 Å². The van der Waals surface area contributed by atoms with Crippen molar-refractivity contribution in [1.82, 2.24) is 4.98 Å². The third-order valence-electron chi connectivity index (χ3n) is 3.79. The van der Waals surface area contributed by atoms with Crippen molar-refractivity contribution in [2.45, 2.75) is 25.2 Å². The van der Waals surface area contributed by atoms with Gasteiger partial charge in [-0.1, -0.05) is 30.3 Å².